The average Bonchev–Trinajstić information content (AvgIpc) is 2.79. The summed E-state index contributed by atoms with van der Waals surface area (Å²) >= 11 is 0. The van der Waals surface area contributed by atoms with Gasteiger partial charge in [-0.15, -0.1) is 0 Å². The average molecular weight is 281 g/mol. The number of benzene rings is 2. The molecule has 4 N–H and O–H groups in total. The maximum atomic E-state index is 6.40. The third-order valence-electron chi connectivity index (χ3n) is 3.79. The highest BCUT2D eigenvalue weighted by Gasteiger charge is 2.16. The molecule has 0 bridgehead atoms. The quantitative estimate of drug-likeness (QED) is 0.722. The topological polar surface area (TPSA) is 66.2 Å². The van der Waals surface area contributed by atoms with Crippen LogP contribution in [0, 0.1) is 0 Å². The molecule has 3 rings (SSSR count). The molecular formula is C17H19N3O. The van der Waals surface area contributed by atoms with E-state index < -0.39 is 0 Å². The molecule has 0 unspecified atom stereocenters. The Kier molecular flexibility index (Phi) is 3.22. The van der Waals surface area contributed by atoms with Crippen LogP contribution < -0.4 is 16.2 Å². The molecule has 108 valence electrons. The Bertz CT molecular complexity index is 805. The number of nitrogens with two attached hydrogens (primary N) is 2. The van der Waals surface area contributed by atoms with Crippen molar-refractivity contribution in [2.24, 2.45) is 0 Å². The van der Waals surface area contributed by atoms with Crippen LogP contribution in [0.4, 0.5) is 11.4 Å². The second-order valence-electron chi connectivity index (χ2n) is 5.02. The van der Waals surface area contributed by atoms with E-state index in [4.69, 9.17) is 16.2 Å². The van der Waals surface area contributed by atoms with E-state index in [0.717, 1.165) is 45.8 Å². The van der Waals surface area contributed by atoms with Gasteiger partial charge in [0.2, 0.25) is 0 Å². The molecule has 0 aliphatic rings. The van der Waals surface area contributed by atoms with Crippen molar-refractivity contribution in [1.29, 1.82) is 0 Å². The molecule has 0 saturated heterocycles. The fourth-order valence-electron chi connectivity index (χ4n) is 2.81. The summed E-state index contributed by atoms with van der Waals surface area (Å²) in [7, 11) is 1.66. The SMILES string of the molecule is CCn1c(-c2cccc(N)c2)c(N)c2cc(OC)ccc21. The van der Waals surface area contributed by atoms with E-state index in [2.05, 4.69) is 11.5 Å². The van der Waals surface area contributed by atoms with Crippen molar-refractivity contribution in [2.75, 3.05) is 18.6 Å². The molecule has 0 atom stereocenters. The number of hydrogen-bond acceptors (Lipinski definition) is 3. The zero-order valence-electron chi connectivity index (χ0n) is 12.3. The number of methoxy groups -OCH3 is 1. The summed E-state index contributed by atoms with van der Waals surface area (Å²) in [5.74, 6) is 0.807. The highest BCUT2D eigenvalue weighted by Crippen LogP contribution is 2.38. The van der Waals surface area contributed by atoms with Gasteiger partial charge < -0.3 is 20.8 Å². The number of aryl methyl sites for hydroxylation is 1. The second kappa shape index (κ2) is 5.05. The van der Waals surface area contributed by atoms with Crippen LogP contribution in [0.3, 0.4) is 0 Å². The predicted molar refractivity (Wildman–Crippen MR) is 88.4 cm³/mol. The second-order valence-corrected chi connectivity index (χ2v) is 5.02. The lowest BCUT2D eigenvalue weighted by atomic mass is 10.1. The van der Waals surface area contributed by atoms with Crippen molar-refractivity contribution < 1.29 is 4.74 Å². The summed E-state index contributed by atoms with van der Waals surface area (Å²) in [6.07, 6.45) is 0. The van der Waals surface area contributed by atoms with Gasteiger partial charge in [-0.1, -0.05) is 12.1 Å². The van der Waals surface area contributed by atoms with Gasteiger partial charge in [-0.05, 0) is 37.3 Å². The van der Waals surface area contributed by atoms with E-state index in [1.165, 1.54) is 0 Å². The van der Waals surface area contributed by atoms with Gasteiger partial charge in [0.25, 0.3) is 0 Å². The maximum absolute atomic E-state index is 6.40. The number of anilines is 2. The highest BCUT2D eigenvalue weighted by atomic mass is 16.5. The molecule has 0 radical (unpaired) electrons. The van der Waals surface area contributed by atoms with E-state index in [-0.39, 0.29) is 0 Å². The molecule has 1 heterocycles. The van der Waals surface area contributed by atoms with E-state index in [1.807, 2.05) is 42.5 Å². The molecule has 0 aliphatic heterocycles. The molecule has 1 aromatic heterocycles. The Morgan fingerprint density at radius 1 is 1.10 bits per heavy atom. The molecule has 0 fully saturated rings. The van der Waals surface area contributed by atoms with Crippen LogP contribution in [0.2, 0.25) is 0 Å². The fraction of sp³-hybridized carbons (Fsp3) is 0.176. The van der Waals surface area contributed by atoms with Crippen LogP contribution in [-0.4, -0.2) is 11.7 Å². The Balaban J connectivity index is 2.34. The Morgan fingerprint density at radius 3 is 2.57 bits per heavy atom. The van der Waals surface area contributed by atoms with Crippen LogP contribution >= 0.6 is 0 Å². The summed E-state index contributed by atoms with van der Waals surface area (Å²) < 4.78 is 7.51. The van der Waals surface area contributed by atoms with Crippen LogP contribution in [0.5, 0.6) is 5.75 Å². The minimum atomic E-state index is 0.734. The molecule has 3 aromatic rings. The monoisotopic (exact) mass is 281 g/mol. The van der Waals surface area contributed by atoms with Gasteiger partial charge >= 0.3 is 0 Å². The summed E-state index contributed by atoms with van der Waals surface area (Å²) in [4.78, 5) is 0. The number of nitrogens with zero attached hydrogens (tertiary/aromatic N) is 1. The maximum Gasteiger partial charge on any atom is 0.119 e. The first-order valence-corrected chi connectivity index (χ1v) is 6.97. The standard InChI is InChI=1S/C17H19N3O/c1-3-20-15-8-7-13(21-2)10-14(15)16(19)17(20)11-5-4-6-12(18)9-11/h4-10H,3,18-19H2,1-2H3. The van der Waals surface area contributed by atoms with Gasteiger partial charge in [0, 0.05) is 23.2 Å². The molecular weight excluding hydrogens is 262 g/mol. The summed E-state index contributed by atoms with van der Waals surface area (Å²) in [6.45, 7) is 2.95. The Hall–Kier alpha value is -2.62. The molecule has 0 spiro atoms. The van der Waals surface area contributed by atoms with E-state index in [9.17, 15) is 0 Å². The molecule has 4 nitrogen and oxygen atoms in total. The number of ether oxygens (including phenoxy) is 1. The Morgan fingerprint density at radius 2 is 1.90 bits per heavy atom. The van der Waals surface area contributed by atoms with Crippen molar-refractivity contribution in [2.45, 2.75) is 13.5 Å². The third kappa shape index (κ3) is 2.09. The van der Waals surface area contributed by atoms with Crippen molar-refractivity contribution in [3.05, 3.63) is 42.5 Å². The lowest BCUT2D eigenvalue weighted by Gasteiger charge is -2.09. The first-order valence-electron chi connectivity index (χ1n) is 6.97. The van der Waals surface area contributed by atoms with Gasteiger partial charge in [-0.2, -0.15) is 0 Å². The van der Waals surface area contributed by atoms with Crippen molar-refractivity contribution in [3.8, 4) is 17.0 Å². The van der Waals surface area contributed by atoms with E-state index in [1.54, 1.807) is 7.11 Å². The van der Waals surface area contributed by atoms with Gasteiger partial charge in [0.1, 0.15) is 5.75 Å². The van der Waals surface area contributed by atoms with Crippen LogP contribution in [0.25, 0.3) is 22.2 Å². The summed E-state index contributed by atoms with van der Waals surface area (Å²) in [6, 6.07) is 13.8. The molecule has 2 aromatic carbocycles. The molecule has 0 amide bonds. The highest BCUT2D eigenvalue weighted by molar-refractivity contribution is 6.01. The zero-order valence-corrected chi connectivity index (χ0v) is 12.3. The number of rotatable bonds is 3. The van der Waals surface area contributed by atoms with Crippen molar-refractivity contribution >= 4 is 22.3 Å². The Labute approximate surface area is 123 Å². The fourth-order valence-corrected chi connectivity index (χ4v) is 2.81. The number of hydrogen-bond donors (Lipinski definition) is 2. The lowest BCUT2D eigenvalue weighted by Crippen LogP contribution is -1.99. The van der Waals surface area contributed by atoms with Crippen LogP contribution in [0.15, 0.2) is 42.5 Å². The molecule has 0 aliphatic carbocycles. The van der Waals surface area contributed by atoms with Gasteiger partial charge in [0.15, 0.2) is 0 Å². The lowest BCUT2D eigenvalue weighted by molar-refractivity contribution is 0.415. The van der Waals surface area contributed by atoms with Crippen molar-refractivity contribution in [3.63, 3.8) is 0 Å². The third-order valence-corrected chi connectivity index (χ3v) is 3.79. The van der Waals surface area contributed by atoms with E-state index >= 15 is 0 Å². The summed E-state index contributed by atoms with van der Waals surface area (Å²) in [5.41, 5.74) is 16.9. The molecule has 4 heteroatoms. The minimum absolute atomic E-state index is 0.734. The van der Waals surface area contributed by atoms with Crippen LogP contribution in [-0.2, 0) is 6.54 Å². The van der Waals surface area contributed by atoms with Gasteiger partial charge in [-0.25, -0.2) is 0 Å². The number of aromatic nitrogens is 1. The summed E-state index contributed by atoms with van der Waals surface area (Å²) in [5, 5.41) is 1.01. The normalized spacial score (nSPS) is 11.0. The van der Waals surface area contributed by atoms with Crippen LogP contribution in [0.1, 0.15) is 6.92 Å². The number of nitrogen functional groups attached to an aromatic ring is 2. The number of fused-ring (bicyclic) bond motifs is 1. The molecule has 21 heavy (non-hydrogen) atoms. The molecule has 0 saturated carbocycles. The van der Waals surface area contributed by atoms with Gasteiger partial charge in [-0.3, -0.25) is 0 Å². The zero-order chi connectivity index (χ0) is 15.0. The first kappa shape index (κ1) is 13.4. The van der Waals surface area contributed by atoms with E-state index in [0.29, 0.717) is 0 Å². The smallest absolute Gasteiger partial charge is 0.119 e. The first-order chi connectivity index (χ1) is 10.2. The van der Waals surface area contributed by atoms with Crippen molar-refractivity contribution in [1.82, 2.24) is 4.57 Å². The minimum Gasteiger partial charge on any atom is -0.497 e. The van der Waals surface area contributed by atoms with Gasteiger partial charge in [0.05, 0.1) is 24.0 Å². The largest absolute Gasteiger partial charge is 0.497 e. The predicted octanol–water partition coefficient (Wildman–Crippen LogP) is 3.50.